The van der Waals surface area contributed by atoms with Gasteiger partial charge in [-0.2, -0.15) is 0 Å². The Morgan fingerprint density at radius 3 is 1.92 bits per heavy atom. The summed E-state index contributed by atoms with van der Waals surface area (Å²) in [6, 6.07) is 18.5. The molecule has 38 heavy (non-hydrogen) atoms. The molecular weight excluding hydrogens is 499 g/mol. The Kier molecular flexibility index (Phi) is 8.62. The van der Waals surface area contributed by atoms with Crippen LogP contribution >= 0.6 is 0 Å². The molecule has 0 bridgehead atoms. The van der Waals surface area contributed by atoms with Crippen molar-refractivity contribution in [2.75, 3.05) is 31.7 Å². The summed E-state index contributed by atoms with van der Waals surface area (Å²) in [6.07, 6.45) is 0. The van der Waals surface area contributed by atoms with Crippen LogP contribution in [-0.2, 0) is 0 Å². The maximum absolute atomic E-state index is 13.9. The van der Waals surface area contributed by atoms with Crippen molar-refractivity contribution in [2.24, 2.45) is 0 Å². The zero-order valence-corrected chi connectivity index (χ0v) is 20.1. The Hall–Kier alpha value is -4.34. The van der Waals surface area contributed by atoms with Gasteiger partial charge in [0.15, 0.2) is 11.6 Å². The third kappa shape index (κ3) is 6.31. The SMILES string of the molecule is O=C(Nc1ccc(OCCO)c(-c2ccc(F)cc2)c1)c1ccc(OCCO)c(-c2ccc(F)c(F)c2)c1. The van der Waals surface area contributed by atoms with E-state index in [2.05, 4.69) is 5.32 Å². The summed E-state index contributed by atoms with van der Waals surface area (Å²) < 4.78 is 52.0. The third-order valence-corrected chi connectivity index (χ3v) is 5.56. The number of aliphatic hydroxyl groups is 2. The van der Waals surface area contributed by atoms with Crippen LogP contribution in [0.15, 0.2) is 78.9 Å². The molecule has 1 amide bonds. The van der Waals surface area contributed by atoms with Gasteiger partial charge in [0, 0.05) is 22.4 Å². The summed E-state index contributed by atoms with van der Waals surface area (Å²) in [7, 11) is 0. The second-order valence-corrected chi connectivity index (χ2v) is 8.16. The molecule has 0 aromatic heterocycles. The summed E-state index contributed by atoms with van der Waals surface area (Å²) in [5, 5.41) is 21.0. The molecule has 0 spiro atoms. The number of ether oxygens (including phenoxy) is 2. The molecule has 0 aliphatic carbocycles. The van der Waals surface area contributed by atoms with Gasteiger partial charge in [0.25, 0.3) is 5.91 Å². The quantitative estimate of drug-likeness (QED) is 0.258. The molecular formula is C29H24F3NO5. The van der Waals surface area contributed by atoms with Crippen molar-refractivity contribution in [3.05, 3.63) is 102 Å². The molecule has 6 nitrogen and oxygen atoms in total. The summed E-state index contributed by atoms with van der Waals surface area (Å²) in [5.41, 5.74) is 2.47. The first-order chi connectivity index (χ1) is 18.4. The summed E-state index contributed by atoms with van der Waals surface area (Å²) in [5.74, 6) is -2.23. The van der Waals surface area contributed by atoms with E-state index >= 15 is 0 Å². The number of nitrogens with one attached hydrogen (secondary N) is 1. The molecule has 3 N–H and O–H groups in total. The average Bonchev–Trinajstić information content (AvgIpc) is 2.93. The van der Waals surface area contributed by atoms with Crippen LogP contribution in [0.4, 0.5) is 18.9 Å². The van der Waals surface area contributed by atoms with E-state index in [4.69, 9.17) is 19.7 Å². The van der Waals surface area contributed by atoms with Crippen molar-refractivity contribution in [3.8, 4) is 33.8 Å². The highest BCUT2D eigenvalue weighted by atomic mass is 19.2. The van der Waals surface area contributed by atoms with E-state index in [1.54, 1.807) is 30.3 Å². The van der Waals surface area contributed by atoms with Gasteiger partial charge in [0.05, 0.1) is 13.2 Å². The number of hydrogen-bond donors (Lipinski definition) is 3. The Balaban J connectivity index is 1.66. The van der Waals surface area contributed by atoms with Crippen molar-refractivity contribution in [2.45, 2.75) is 0 Å². The molecule has 4 aromatic rings. The van der Waals surface area contributed by atoms with Gasteiger partial charge >= 0.3 is 0 Å². The van der Waals surface area contributed by atoms with Gasteiger partial charge in [-0.1, -0.05) is 18.2 Å². The van der Waals surface area contributed by atoms with Gasteiger partial charge in [-0.15, -0.1) is 0 Å². The minimum atomic E-state index is -1.05. The lowest BCUT2D eigenvalue weighted by atomic mass is 10.0. The van der Waals surface area contributed by atoms with E-state index in [9.17, 15) is 18.0 Å². The van der Waals surface area contributed by atoms with E-state index in [0.29, 0.717) is 28.1 Å². The van der Waals surface area contributed by atoms with E-state index in [1.807, 2.05) is 0 Å². The zero-order chi connectivity index (χ0) is 27.1. The predicted molar refractivity (Wildman–Crippen MR) is 137 cm³/mol. The average molecular weight is 524 g/mol. The van der Waals surface area contributed by atoms with Gasteiger partial charge < -0.3 is 25.0 Å². The Morgan fingerprint density at radius 2 is 1.29 bits per heavy atom. The number of hydrogen-bond acceptors (Lipinski definition) is 5. The Morgan fingerprint density at radius 1 is 0.684 bits per heavy atom. The fourth-order valence-corrected chi connectivity index (χ4v) is 3.79. The van der Waals surface area contributed by atoms with Gasteiger partial charge in [0.2, 0.25) is 0 Å². The molecule has 0 atom stereocenters. The second kappa shape index (κ2) is 12.3. The standard InChI is InChI=1S/C29H24F3NO5/c30-21-5-1-18(2-6-21)24-17-22(7-10-28(24)38-14-12-35)33-29(36)20-4-9-27(37-13-11-34)23(15-20)19-3-8-25(31)26(32)16-19/h1-10,15-17,34-35H,11-14H2,(H,33,36). The fraction of sp³-hybridized carbons (Fsp3) is 0.138. The van der Waals surface area contributed by atoms with Crippen molar-refractivity contribution in [1.82, 2.24) is 0 Å². The van der Waals surface area contributed by atoms with Crippen molar-refractivity contribution >= 4 is 11.6 Å². The third-order valence-electron chi connectivity index (χ3n) is 5.56. The maximum Gasteiger partial charge on any atom is 0.255 e. The van der Waals surface area contributed by atoms with Gasteiger partial charge in [0.1, 0.15) is 30.5 Å². The lowest BCUT2D eigenvalue weighted by molar-refractivity contribution is 0.102. The minimum absolute atomic E-state index is 0.0287. The van der Waals surface area contributed by atoms with Crippen molar-refractivity contribution in [3.63, 3.8) is 0 Å². The zero-order valence-electron chi connectivity index (χ0n) is 20.1. The van der Waals surface area contributed by atoms with Crippen LogP contribution in [0.1, 0.15) is 10.4 Å². The molecule has 0 aliphatic heterocycles. The molecule has 0 unspecified atom stereocenters. The van der Waals surface area contributed by atoms with Crippen molar-refractivity contribution in [1.29, 1.82) is 0 Å². The monoisotopic (exact) mass is 523 g/mol. The summed E-state index contributed by atoms with van der Waals surface area (Å²) >= 11 is 0. The predicted octanol–water partition coefficient (Wildman–Crippen LogP) is 5.43. The van der Waals surface area contributed by atoms with Crippen molar-refractivity contribution < 1.29 is 37.7 Å². The topological polar surface area (TPSA) is 88.0 Å². The first kappa shape index (κ1) is 26.7. The largest absolute Gasteiger partial charge is 0.491 e. The molecule has 0 saturated heterocycles. The molecule has 4 rings (SSSR count). The number of benzene rings is 4. The molecule has 0 fully saturated rings. The van der Waals surface area contributed by atoms with E-state index in [0.717, 1.165) is 12.1 Å². The number of aliphatic hydroxyl groups excluding tert-OH is 2. The first-order valence-electron chi connectivity index (χ1n) is 11.7. The van der Waals surface area contributed by atoms with Crippen LogP contribution in [0.5, 0.6) is 11.5 Å². The van der Waals surface area contributed by atoms with E-state index in [-0.39, 0.29) is 43.3 Å². The summed E-state index contributed by atoms with van der Waals surface area (Å²) in [4.78, 5) is 13.2. The smallest absolute Gasteiger partial charge is 0.255 e. The molecule has 9 heteroatoms. The fourth-order valence-electron chi connectivity index (χ4n) is 3.79. The number of halogens is 3. The van der Waals surface area contributed by atoms with Crippen LogP contribution < -0.4 is 14.8 Å². The molecule has 0 radical (unpaired) electrons. The highest BCUT2D eigenvalue weighted by molar-refractivity contribution is 6.05. The van der Waals surface area contributed by atoms with Crippen LogP contribution in [0.3, 0.4) is 0 Å². The maximum atomic E-state index is 13.9. The van der Waals surface area contributed by atoms with Gasteiger partial charge in [-0.05, 0) is 71.8 Å². The number of amides is 1. The number of rotatable bonds is 10. The molecule has 0 heterocycles. The first-order valence-corrected chi connectivity index (χ1v) is 11.7. The van der Waals surface area contributed by atoms with Crippen LogP contribution in [0.2, 0.25) is 0 Å². The second-order valence-electron chi connectivity index (χ2n) is 8.16. The van der Waals surface area contributed by atoms with Gasteiger partial charge in [-0.3, -0.25) is 4.79 Å². The highest BCUT2D eigenvalue weighted by Crippen LogP contribution is 2.35. The van der Waals surface area contributed by atoms with Crippen LogP contribution in [0, 0.1) is 17.5 Å². The highest BCUT2D eigenvalue weighted by Gasteiger charge is 2.16. The molecule has 0 aliphatic rings. The van der Waals surface area contributed by atoms with Crippen LogP contribution in [-0.4, -0.2) is 42.5 Å². The number of carbonyl (C=O) groups excluding carboxylic acids is 1. The molecule has 196 valence electrons. The summed E-state index contributed by atoms with van der Waals surface area (Å²) in [6.45, 7) is -0.427. The van der Waals surface area contributed by atoms with E-state index in [1.165, 1.54) is 36.4 Å². The minimum Gasteiger partial charge on any atom is -0.491 e. The van der Waals surface area contributed by atoms with E-state index < -0.39 is 23.4 Å². The molecule has 4 aromatic carbocycles. The van der Waals surface area contributed by atoms with Crippen LogP contribution in [0.25, 0.3) is 22.3 Å². The molecule has 0 saturated carbocycles. The normalized spacial score (nSPS) is 10.8. The Labute approximate surface area is 216 Å². The lowest BCUT2D eigenvalue weighted by Gasteiger charge is -2.15. The Bertz CT molecular complexity index is 1430. The van der Waals surface area contributed by atoms with Gasteiger partial charge in [-0.25, -0.2) is 13.2 Å². The number of carbonyl (C=O) groups is 1. The lowest BCUT2D eigenvalue weighted by Crippen LogP contribution is -2.13. The number of anilines is 1.